The monoisotopic (exact) mass is 554 g/mol. The zero-order valence-corrected chi connectivity index (χ0v) is 23.5. The minimum atomic E-state index is -0.752. The molecule has 1 unspecified atom stereocenters. The number of carbonyl (C=O) groups is 2. The number of pyridine rings is 1. The van der Waals surface area contributed by atoms with Gasteiger partial charge in [-0.05, 0) is 49.9 Å². The standard InChI is InChI=1S/C27H34N6O5S/c1-16(38-17(2)34)26(35)32-10-6-18(7-11-32)8-12-33-19-5-9-29-25(28)24(19)30-27(33)39-23-14-22-21(36-15-37-22)13-20(23)31(3)4/h5,9,13-14,16,18H,6-8,10-12,15H2,1-4H3,(H2,28,29). The van der Waals surface area contributed by atoms with Gasteiger partial charge in [-0.2, -0.15) is 0 Å². The number of nitrogen functional groups attached to an aromatic ring is 1. The van der Waals surface area contributed by atoms with Gasteiger partial charge in [-0.3, -0.25) is 9.59 Å². The van der Waals surface area contributed by atoms with Gasteiger partial charge in [-0.25, -0.2) is 9.97 Å². The average Bonchev–Trinajstić information content (AvgIpc) is 3.51. The molecule has 0 saturated carbocycles. The Labute approximate surface area is 231 Å². The molecule has 0 aliphatic carbocycles. The van der Waals surface area contributed by atoms with Crippen LogP contribution < -0.4 is 20.1 Å². The van der Waals surface area contributed by atoms with Gasteiger partial charge in [0, 0.05) is 63.9 Å². The van der Waals surface area contributed by atoms with Crippen molar-refractivity contribution in [2.24, 2.45) is 5.92 Å². The zero-order chi connectivity index (χ0) is 27.7. The summed E-state index contributed by atoms with van der Waals surface area (Å²) in [5.41, 5.74) is 8.85. The fourth-order valence-electron chi connectivity index (χ4n) is 5.10. The lowest BCUT2D eigenvalue weighted by molar-refractivity contribution is -0.158. The van der Waals surface area contributed by atoms with Crippen molar-refractivity contribution in [2.75, 3.05) is 44.6 Å². The molecule has 2 aliphatic heterocycles. The van der Waals surface area contributed by atoms with E-state index in [0.29, 0.717) is 30.3 Å². The maximum atomic E-state index is 12.6. The summed E-state index contributed by atoms with van der Waals surface area (Å²) in [4.78, 5) is 37.8. The van der Waals surface area contributed by atoms with Crippen molar-refractivity contribution in [1.82, 2.24) is 19.4 Å². The highest BCUT2D eigenvalue weighted by molar-refractivity contribution is 7.99. The predicted octanol–water partition coefficient (Wildman–Crippen LogP) is 3.54. The lowest BCUT2D eigenvalue weighted by Crippen LogP contribution is -2.44. The molecule has 2 N–H and O–H groups in total. The number of hydrogen-bond donors (Lipinski definition) is 1. The molecular weight excluding hydrogens is 520 g/mol. The minimum Gasteiger partial charge on any atom is -0.454 e. The van der Waals surface area contributed by atoms with E-state index in [1.165, 1.54) is 6.92 Å². The van der Waals surface area contributed by atoms with Crippen LogP contribution in [0.1, 0.15) is 33.1 Å². The van der Waals surface area contributed by atoms with E-state index < -0.39 is 12.1 Å². The summed E-state index contributed by atoms with van der Waals surface area (Å²) in [7, 11) is 3.99. The first-order valence-corrected chi connectivity index (χ1v) is 13.9. The number of amides is 1. The van der Waals surface area contributed by atoms with Crippen LogP contribution in [0.2, 0.25) is 0 Å². The Bertz CT molecular complexity index is 1380. The van der Waals surface area contributed by atoms with Crippen LogP contribution in [-0.4, -0.2) is 71.4 Å². The SMILES string of the molecule is CC(=O)OC(C)C(=O)N1CCC(CCn2c(Sc3cc4c(cc3N(C)C)OCO4)nc3c(N)nccc32)CC1. The van der Waals surface area contributed by atoms with Crippen molar-refractivity contribution in [1.29, 1.82) is 0 Å². The number of piperidine rings is 1. The molecule has 3 aromatic rings. The number of aromatic nitrogens is 3. The van der Waals surface area contributed by atoms with Gasteiger partial charge < -0.3 is 34.3 Å². The lowest BCUT2D eigenvalue weighted by atomic mass is 9.93. The fourth-order valence-corrected chi connectivity index (χ4v) is 6.24. The highest BCUT2D eigenvalue weighted by Gasteiger charge is 2.28. The van der Waals surface area contributed by atoms with Crippen molar-refractivity contribution in [3.8, 4) is 11.5 Å². The molecule has 1 atom stereocenters. The molecule has 2 aromatic heterocycles. The van der Waals surface area contributed by atoms with Crippen LogP contribution in [0.3, 0.4) is 0 Å². The number of nitrogens with zero attached hydrogens (tertiary/aromatic N) is 5. The third kappa shape index (κ3) is 5.70. The normalized spacial score (nSPS) is 15.9. The Kier molecular flexibility index (Phi) is 7.74. The molecule has 1 aromatic carbocycles. The first-order valence-electron chi connectivity index (χ1n) is 13.1. The smallest absolute Gasteiger partial charge is 0.303 e. The number of carbonyl (C=O) groups excluding carboxylic acids is 2. The van der Waals surface area contributed by atoms with Gasteiger partial charge in [-0.15, -0.1) is 0 Å². The lowest BCUT2D eigenvalue weighted by Gasteiger charge is -2.33. The number of hydrogen-bond acceptors (Lipinski definition) is 10. The van der Waals surface area contributed by atoms with E-state index in [1.54, 1.807) is 29.8 Å². The summed E-state index contributed by atoms with van der Waals surface area (Å²) >= 11 is 1.57. The highest BCUT2D eigenvalue weighted by atomic mass is 32.2. The quantitative estimate of drug-likeness (QED) is 0.413. The molecule has 0 radical (unpaired) electrons. The second-order valence-corrected chi connectivity index (χ2v) is 11.1. The van der Waals surface area contributed by atoms with E-state index in [0.717, 1.165) is 58.6 Å². The van der Waals surface area contributed by atoms with Crippen LogP contribution >= 0.6 is 11.8 Å². The second kappa shape index (κ2) is 11.2. The van der Waals surface area contributed by atoms with E-state index in [-0.39, 0.29) is 12.7 Å². The Balaban J connectivity index is 1.33. The molecule has 2 aliphatic rings. The van der Waals surface area contributed by atoms with E-state index in [2.05, 4.69) is 9.55 Å². The van der Waals surface area contributed by atoms with Crippen LogP contribution in [0, 0.1) is 5.92 Å². The predicted molar refractivity (Wildman–Crippen MR) is 148 cm³/mol. The van der Waals surface area contributed by atoms with Gasteiger partial charge in [0.25, 0.3) is 5.91 Å². The van der Waals surface area contributed by atoms with Gasteiger partial charge in [0.1, 0.15) is 5.52 Å². The van der Waals surface area contributed by atoms with Crippen molar-refractivity contribution in [3.63, 3.8) is 0 Å². The fraction of sp³-hybridized carbons (Fsp3) is 0.481. The molecule has 1 saturated heterocycles. The number of aryl methyl sites for hydroxylation is 1. The number of anilines is 2. The molecule has 1 amide bonds. The zero-order valence-electron chi connectivity index (χ0n) is 22.7. The van der Waals surface area contributed by atoms with Crippen molar-refractivity contribution in [3.05, 3.63) is 24.4 Å². The summed E-state index contributed by atoms with van der Waals surface area (Å²) in [6.45, 7) is 5.22. The number of ether oxygens (including phenoxy) is 3. The summed E-state index contributed by atoms with van der Waals surface area (Å²) in [6.07, 6.45) is 3.68. The van der Waals surface area contributed by atoms with E-state index in [9.17, 15) is 9.59 Å². The number of rotatable bonds is 8. The summed E-state index contributed by atoms with van der Waals surface area (Å²) in [5, 5.41) is 0.828. The van der Waals surface area contributed by atoms with Crippen LogP contribution in [0.5, 0.6) is 11.5 Å². The van der Waals surface area contributed by atoms with Gasteiger partial charge in [0.15, 0.2) is 28.6 Å². The Hall–Kier alpha value is -3.67. The Morgan fingerprint density at radius 1 is 1.23 bits per heavy atom. The molecule has 11 nitrogen and oxygen atoms in total. The van der Waals surface area contributed by atoms with Crippen molar-refractivity contribution >= 4 is 46.2 Å². The van der Waals surface area contributed by atoms with Gasteiger partial charge >= 0.3 is 5.97 Å². The number of imidazole rings is 1. The molecule has 208 valence electrons. The molecular formula is C27H34N6O5S. The summed E-state index contributed by atoms with van der Waals surface area (Å²) in [5.74, 6) is 1.73. The topological polar surface area (TPSA) is 125 Å². The van der Waals surface area contributed by atoms with Crippen molar-refractivity contribution < 1.29 is 23.8 Å². The van der Waals surface area contributed by atoms with Crippen LogP contribution in [0.4, 0.5) is 11.5 Å². The van der Waals surface area contributed by atoms with Gasteiger partial charge in [0.05, 0.1) is 11.2 Å². The van der Waals surface area contributed by atoms with E-state index >= 15 is 0 Å². The molecule has 5 rings (SSSR count). The third-order valence-corrected chi connectivity index (χ3v) is 8.22. The van der Waals surface area contributed by atoms with Crippen molar-refractivity contribution in [2.45, 2.75) is 55.8 Å². The third-order valence-electron chi connectivity index (χ3n) is 7.18. The maximum absolute atomic E-state index is 12.6. The van der Waals surface area contributed by atoms with E-state index in [4.69, 9.17) is 24.9 Å². The van der Waals surface area contributed by atoms with Crippen LogP contribution in [0.15, 0.2) is 34.4 Å². The highest BCUT2D eigenvalue weighted by Crippen LogP contribution is 2.44. The molecule has 0 spiro atoms. The number of benzene rings is 1. The van der Waals surface area contributed by atoms with Crippen LogP contribution in [0.25, 0.3) is 11.0 Å². The van der Waals surface area contributed by atoms with Gasteiger partial charge in [0.2, 0.25) is 6.79 Å². The number of esters is 1. The van der Waals surface area contributed by atoms with Gasteiger partial charge in [-0.1, -0.05) is 0 Å². The van der Waals surface area contributed by atoms with E-state index in [1.807, 2.05) is 37.2 Å². The van der Waals surface area contributed by atoms with Crippen LogP contribution in [-0.2, 0) is 20.9 Å². The number of fused-ring (bicyclic) bond motifs is 2. The number of likely N-dealkylation sites (tertiary alicyclic amines) is 1. The molecule has 4 heterocycles. The molecule has 39 heavy (non-hydrogen) atoms. The average molecular weight is 555 g/mol. The second-order valence-electron chi connectivity index (χ2n) is 10.1. The molecule has 0 bridgehead atoms. The molecule has 1 fully saturated rings. The first kappa shape index (κ1) is 26.9. The maximum Gasteiger partial charge on any atom is 0.303 e. The summed E-state index contributed by atoms with van der Waals surface area (Å²) < 4.78 is 18.5. The Morgan fingerprint density at radius 3 is 2.64 bits per heavy atom. The first-order chi connectivity index (χ1) is 18.7. The Morgan fingerprint density at radius 2 is 1.95 bits per heavy atom. The minimum absolute atomic E-state index is 0.133. The number of nitrogens with two attached hydrogens (primary N) is 1. The summed E-state index contributed by atoms with van der Waals surface area (Å²) in [6, 6.07) is 5.94. The molecule has 12 heteroatoms. The largest absolute Gasteiger partial charge is 0.454 e.